The number of halogens is 12. The van der Waals surface area contributed by atoms with E-state index in [1.807, 2.05) is 53.7 Å². The van der Waals surface area contributed by atoms with Crippen LogP contribution in [0.15, 0.2) is 54.6 Å². The highest BCUT2D eigenvalue weighted by Crippen LogP contribution is 2.52. The summed E-state index contributed by atoms with van der Waals surface area (Å²) in [7, 11) is 0. The van der Waals surface area contributed by atoms with Crippen LogP contribution in [0.5, 0.6) is 0 Å². The van der Waals surface area contributed by atoms with Gasteiger partial charge in [0.15, 0.2) is 10.8 Å². The van der Waals surface area contributed by atoms with Gasteiger partial charge >= 0.3 is 24.7 Å². The Labute approximate surface area is 232 Å². The van der Waals surface area contributed by atoms with Crippen molar-refractivity contribution < 1.29 is 52.7 Å². The molecule has 0 aliphatic carbocycles. The zero-order valence-corrected chi connectivity index (χ0v) is 24.2. The lowest BCUT2D eigenvalue weighted by molar-refractivity contribution is -0.327. The molecule has 0 saturated heterocycles. The number of hydrogen-bond acceptors (Lipinski definition) is 0. The lowest BCUT2D eigenvalue weighted by Crippen LogP contribution is -2.51. The second kappa shape index (κ2) is 15.0. The van der Waals surface area contributed by atoms with Crippen LogP contribution < -0.4 is 0 Å². The van der Waals surface area contributed by atoms with Crippen molar-refractivity contribution in [1.29, 1.82) is 0 Å². The van der Waals surface area contributed by atoms with Crippen LogP contribution >= 0.6 is 0 Å². The van der Waals surface area contributed by atoms with Gasteiger partial charge in [0, 0.05) is 0 Å². The van der Waals surface area contributed by atoms with Gasteiger partial charge in [0.1, 0.15) is 0 Å². The molecule has 41 heavy (non-hydrogen) atoms. The molecular formula is C29H36F12. The normalized spacial score (nSPS) is 12.5. The lowest BCUT2D eigenvalue weighted by Gasteiger charge is -2.34. The fourth-order valence-electron chi connectivity index (χ4n) is 2.90. The van der Waals surface area contributed by atoms with Crippen LogP contribution in [-0.4, -0.2) is 24.7 Å². The van der Waals surface area contributed by atoms with E-state index in [1.165, 1.54) is 6.07 Å². The summed E-state index contributed by atoms with van der Waals surface area (Å²) in [6.07, 6.45) is -21.4. The smallest absolute Gasteiger partial charge is 0.170 e. The quantitative estimate of drug-likeness (QED) is 0.189. The van der Waals surface area contributed by atoms with E-state index in [2.05, 4.69) is 0 Å². The molecule has 0 amide bonds. The highest BCUT2D eigenvalue weighted by molar-refractivity contribution is 5.98. The van der Waals surface area contributed by atoms with Gasteiger partial charge in [0.05, 0.1) is 0 Å². The maximum absolute atomic E-state index is 13.2. The molecule has 3 rings (SSSR count). The molecule has 236 valence electrons. The molecule has 0 aliphatic rings. The number of benzene rings is 3. The number of rotatable bonds is 1. The molecular weight excluding hydrogens is 576 g/mol. The SMILES string of the molecule is CC.CC.CC.CC(C)(C(F)(F)F)C(F)(F)F.CC(c1ccc2cc3ccccc3cc2c1)(C(F)(F)F)C(F)(F)F. The van der Waals surface area contributed by atoms with Gasteiger partial charge in [-0.3, -0.25) is 0 Å². The van der Waals surface area contributed by atoms with Crippen molar-refractivity contribution in [3.8, 4) is 0 Å². The molecule has 0 unspecified atom stereocenters. The van der Waals surface area contributed by atoms with E-state index in [9.17, 15) is 52.7 Å². The Kier molecular flexibility index (Phi) is 14.8. The first-order chi connectivity index (χ1) is 18.5. The predicted octanol–water partition coefficient (Wildman–Crippen LogP) is 12.6. The number of alkyl halides is 12. The van der Waals surface area contributed by atoms with Gasteiger partial charge in [-0.15, -0.1) is 0 Å². The van der Waals surface area contributed by atoms with Crippen molar-refractivity contribution in [1.82, 2.24) is 0 Å². The summed E-state index contributed by atoms with van der Waals surface area (Å²) in [5.74, 6) is 0. The molecule has 0 spiro atoms. The Morgan fingerprint density at radius 3 is 1.00 bits per heavy atom. The highest BCUT2D eigenvalue weighted by Gasteiger charge is 2.68. The van der Waals surface area contributed by atoms with Gasteiger partial charge in [-0.1, -0.05) is 77.9 Å². The largest absolute Gasteiger partial charge is 0.406 e. The van der Waals surface area contributed by atoms with Crippen LogP contribution in [0.4, 0.5) is 52.7 Å². The summed E-state index contributed by atoms with van der Waals surface area (Å²) in [4.78, 5) is 0. The summed E-state index contributed by atoms with van der Waals surface area (Å²) in [6.45, 7) is 12.4. The average Bonchev–Trinajstić information content (AvgIpc) is 2.88. The molecule has 3 aromatic carbocycles. The van der Waals surface area contributed by atoms with Gasteiger partial charge in [-0.25, -0.2) is 0 Å². The van der Waals surface area contributed by atoms with Crippen LogP contribution in [0.2, 0.25) is 0 Å². The van der Waals surface area contributed by atoms with E-state index in [-0.39, 0.29) is 20.8 Å². The zero-order chi connectivity index (χ0) is 33.3. The molecule has 0 aliphatic heterocycles. The van der Waals surface area contributed by atoms with Crippen LogP contribution in [0.25, 0.3) is 21.5 Å². The van der Waals surface area contributed by atoms with Crippen molar-refractivity contribution in [2.45, 2.75) is 92.4 Å². The molecule has 0 atom stereocenters. The van der Waals surface area contributed by atoms with E-state index >= 15 is 0 Å². The Morgan fingerprint density at radius 1 is 0.390 bits per heavy atom. The fourth-order valence-corrected chi connectivity index (χ4v) is 2.90. The van der Waals surface area contributed by atoms with Crippen molar-refractivity contribution >= 4 is 21.5 Å². The third-order valence-electron chi connectivity index (χ3n) is 5.83. The van der Waals surface area contributed by atoms with Gasteiger partial charge in [0.2, 0.25) is 0 Å². The predicted molar refractivity (Wildman–Crippen MR) is 141 cm³/mol. The molecule has 12 heteroatoms. The second-order valence-corrected chi connectivity index (χ2v) is 8.50. The molecule has 0 nitrogen and oxygen atoms in total. The minimum absolute atomic E-state index is 0.104. The third-order valence-corrected chi connectivity index (χ3v) is 5.83. The van der Waals surface area contributed by atoms with Crippen molar-refractivity contribution in [3.05, 3.63) is 60.2 Å². The fraction of sp³-hybridized carbons (Fsp3) is 0.517. The van der Waals surface area contributed by atoms with Crippen LogP contribution in [-0.2, 0) is 5.41 Å². The standard InChI is InChI=1S/C18H12F6.C5H6F6.3C2H6/c1-16(17(19,20)21,18(22,23)24)15-7-6-13-8-11-4-2-3-5-12(11)9-14(13)10-15;1-3(2,4(6,7)8)5(9,10)11;3*1-2/h2-10H,1H3;1-2H3;3*1-2H3. The third kappa shape index (κ3) is 9.16. The molecule has 0 N–H and O–H groups in total. The molecule has 0 radical (unpaired) electrons. The van der Waals surface area contributed by atoms with Gasteiger partial charge < -0.3 is 0 Å². The van der Waals surface area contributed by atoms with Crippen LogP contribution in [0.3, 0.4) is 0 Å². The number of hydrogen-bond donors (Lipinski definition) is 0. The van der Waals surface area contributed by atoms with Crippen LogP contribution in [0, 0.1) is 5.41 Å². The maximum Gasteiger partial charge on any atom is 0.406 e. The molecule has 3 aromatic rings. The van der Waals surface area contributed by atoms with Gasteiger partial charge in [-0.2, -0.15) is 52.7 Å². The van der Waals surface area contributed by atoms with Gasteiger partial charge in [-0.05, 0) is 66.1 Å². The molecule has 0 fully saturated rings. The summed E-state index contributed by atoms with van der Waals surface area (Å²) in [5, 5.41) is 2.55. The van der Waals surface area contributed by atoms with E-state index in [0.29, 0.717) is 10.8 Å². The van der Waals surface area contributed by atoms with Crippen molar-refractivity contribution in [2.75, 3.05) is 0 Å². The minimum Gasteiger partial charge on any atom is -0.170 e. The number of fused-ring (bicyclic) bond motifs is 2. The van der Waals surface area contributed by atoms with E-state index < -0.39 is 41.1 Å². The molecule has 0 bridgehead atoms. The topological polar surface area (TPSA) is 0 Å². The van der Waals surface area contributed by atoms with Gasteiger partial charge in [0.25, 0.3) is 0 Å². The van der Waals surface area contributed by atoms with Crippen LogP contribution in [0.1, 0.15) is 67.9 Å². The van der Waals surface area contributed by atoms with E-state index in [0.717, 1.165) is 22.9 Å². The monoisotopic (exact) mass is 612 g/mol. The Hall–Kier alpha value is -2.66. The summed E-state index contributed by atoms with van der Waals surface area (Å²) >= 11 is 0. The summed E-state index contributed by atoms with van der Waals surface area (Å²) in [5.41, 5.74) is -8.36. The van der Waals surface area contributed by atoms with E-state index in [1.54, 1.807) is 24.3 Å². The zero-order valence-electron chi connectivity index (χ0n) is 24.2. The first kappa shape index (κ1) is 40.5. The van der Waals surface area contributed by atoms with E-state index in [4.69, 9.17) is 0 Å². The average molecular weight is 613 g/mol. The Morgan fingerprint density at radius 2 is 0.707 bits per heavy atom. The second-order valence-electron chi connectivity index (χ2n) is 8.50. The lowest BCUT2D eigenvalue weighted by atomic mass is 9.80. The minimum atomic E-state index is -5.45. The highest BCUT2D eigenvalue weighted by atomic mass is 19.4. The van der Waals surface area contributed by atoms with Crippen molar-refractivity contribution in [3.63, 3.8) is 0 Å². The molecule has 0 saturated carbocycles. The first-order valence-corrected chi connectivity index (χ1v) is 12.7. The Balaban J connectivity index is 0. The summed E-state index contributed by atoms with van der Waals surface area (Å²) in [6, 6.07) is 13.7. The first-order valence-electron chi connectivity index (χ1n) is 12.7. The molecule has 0 aromatic heterocycles. The molecule has 0 heterocycles. The summed E-state index contributed by atoms with van der Waals surface area (Å²) < 4.78 is 149. The maximum atomic E-state index is 13.2. The Bertz CT molecular complexity index is 1150. The van der Waals surface area contributed by atoms with Crippen molar-refractivity contribution in [2.24, 2.45) is 5.41 Å².